The smallest absolute Gasteiger partial charge is 0.342 e. The van der Waals surface area contributed by atoms with Crippen molar-refractivity contribution in [2.45, 2.75) is 6.92 Å². The second-order valence-electron chi connectivity index (χ2n) is 5.73. The normalized spacial score (nSPS) is 10.5. The van der Waals surface area contributed by atoms with Gasteiger partial charge in [-0.15, -0.1) is 0 Å². The third-order valence-electron chi connectivity index (χ3n) is 3.75. The molecule has 0 unspecified atom stereocenters. The first kappa shape index (κ1) is 18.6. The number of nitrogens with one attached hydrogen (secondary N) is 1. The number of nitrogens with two attached hydrogens (primary N) is 1. The predicted octanol–water partition coefficient (Wildman–Crippen LogP) is 1.91. The number of pyridine rings is 1. The van der Waals surface area contributed by atoms with Gasteiger partial charge in [-0.2, -0.15) is 0 Å². The lowest BCUT2D eigenvalue weighted by Crippen LogP contribution is -2.24. The molecule has 10 nitrogen and oxygen atoms in total. The summed E-state index contributed by atoms with van der Waals surface area (Å²) in [7, 11) is 0. The molecule has 2 aromatic heterocycles. The molecule has 5 N–H and O–H groups in total. The lowest BCUT2D eigenvalue weighted by molar-refractivity contribution is 0.0695. The first-order valence-corrected chi connectivity index (χ1v) is 7.87. The minimum absolute atomic E-state index is 0.130. The molecule has 0 aliphatic heterocycles. The van der Waals surface area contributed by atoms with E-state index in [1.165, 1.54) is 24.4 Å². The Balaban J connectivity index is 2.20. The second-order valence-corrected chi connectivity index (χ2v) is 5.73. The molecule has 10 heteroatoms. The number of aromatic carboxylic acids is 2. The Hall–Kier alpha value is -4.21. The van der Waals surface area contributed by atoms with Gasteiger partial charge in [0, 0.05) is 11.8 Å². The highest BCUT2D eigenvalue weighted by Crippen LogP contribution is 2.32. The summed E-state index contributed by atoms with van der Waals surface area (Å²) in [6.07, 6.45) is 2.93. The molecule has 0 saturated heterocycles. The lowest BCUT2D eigenvalue weighted by atomic mass is 9.95. The van der Waals surface area contributed by atoms with Crippen LogP contribution in [0.25, 0.3) is 11.1 Å². The molecular weight excluding hydrogens is 368 g/mol. The fourth-order valence-corrected chi connectivity index (χ4v) is 2.66. The average Bonchev–Trinajstić information content (AvgIpc) is 2.60. The summed E-state index contributed by atoms with van der Waals surface area (Å²) in [4.78, 5) is 45.5. The second kappa shape index (κ2) is 7.19. The van der Waals surface area contributed by atoms with E-state index in [4.69, 9.17) is 10.5 Å². The van der Waals surface area contributed by atoms with Gasteiger partial charge in [-0.1, -0.05) is 12.1 Å². The molecule has 0 spiro atoms. The summed E-state index contributed by atoms with van der Waals surface area (Å²) in [5.74, 6) is -3.09. The van der Waals surface area contributed by atoms with Crippen LogP contribution in [0.5, 0.6) is 11.6 Å². The monoisotopic (exact) mass is 382 g/mol. The Morgan fingerprint density at radius 3 is 2.50 bits per heavy atom. The van der Waals surface area contributed by atoms with Crippen molar-refractivity contribution in [3.05, 3.63) is 63.8 Å². The van der Waals surface area contributed by atoms with Crippen molar-refractivity contribution < 1.29 is 24.5 Å². The largest absolute Gasteiger partial charge is 0.478 e. The van der Waals surface area contributed by atoms with E-state index < -0.39 is 34.4 Å². The first-order valence-electron chi connectivity index (χ1n) is 7.87. The summed E-state index contributed by atoms with van der Waals surface area (Å²) in [5.41, 5.74) is 3.79. The quantitative estimate of drug-likeness (QED) is 0.515. The summed E-state index contributed by atoms with van der Waals surface area (Å²) in [6.45, 7) is 1.73. The highest BCUT2D eigenvalue weighted by molar-refractivity contribution is 6.07. The molecule has 0 radical (unpaired) electrons. The number of carboxylic acid groups (broad SMARTS) is 2. The molecule has 0 saturated carbocycles. The number of H-pyrrole nitrogens is 1. The molecule has 2 heterocycles. The third-order valence-corrected chi connectivity index (χ3v) is 3.75. The Kier molecular flexibility index (Phi) is 4.77. The number of rotatable bonds is 5. The molecule has 0 atom stereocenters. The summed E-state index contributed by atoms with van der Waals surface area (Å²) >= 11 is 0. The number of ether oxygens (including phenoxy) is 1. The van der Waals surface area contributed by atoms with Crippen molar-refractivity contribution in [3.8, 4) is 22.8 Å². The maximum Gasteiger partial charge on any atom is 0.342 e. The summed E-state index contributed by atoms with van der Waals surface area (Å²) < 4.78 is 5.60. The molecule has 142 valence electrons. The van der Waals surface area contributed by atoms with Crippen molar-refractivity contribution in [3.63, 3.8) is 0 Å². The van der Waals surface area contributed by atoms with E-state index in [0.717, 1.165) is 0 Å². The van der Waals surface area contributed by atoms with Gasteiger partial charge < -0.3 is 25.7 Å². The standard InChI is InChI=1S/C18H14N4O6/c1-8-6-20-7-11(21-8)28-10-4-2-3-9(5-10)12-13(17(24)25)15(19)22-16(23)14(12)18(26)27/h2-7H,1H3,(H,24,25)(H,26,27)(H3,19,22,23). The number of aryl methyl sites for hydroxylation is 1. The van der Waals surface area contributed by atoms with Gasteiger partial charge in [-0.05, 0) is 24.6 Å². The molecular formula is C18H14N4O6. The third kappa shape index (κ3) is 3.51. The van der Waals surface area contributed by atoms with Crippen LogP contribution in [0.1, 0.15) is 26.4 Å². The molecule has 1 aromatic carbocycles. The summed E-state index contributed by atoms with van der Waals surface area (Å²) in [5, 5.41) is 18.9. The van der Waals surface area contributed by atoms with Gasteiger partial charge in [-0.3, -0.25) is 9.78 Å². The number of aromatic nitrogens is 3. The van der Waals surface area contributed by atoms with E-state index in [-0.39, 0.29) is 22.8 Å². The number of aromatic amines is 1. The van der Waals surface area contributed by atoms with Crippen LogP contribution < -0.4 is 16.0 Å². The number of nitrogens with zero attached hydrogens (tertiary/aromatic N) is 2. The van der Waals surface area contributed by atoms with Crippen molar-refractivity contribution in [1.29, 1.82) is 0 Å². The van der Waals surface area contributed by atoms with E-state index >= 15 is 0 Å². The molecule has 0 aliphatic rings. The number of hydrogen-bond donors (Lipinski definition) is 4. The topological polar surface area (TPSA) is 168 Å². The number of carboxylic acids is 2. The van der Waals surface area contributed by atoms with Crippen LogP contribution >= 0.6 is 0 Å². The van der Waals surface area contributed by atoms with Gasteiger partial charge in [-0.25, -0.2) is 14.6 Å². The molecule has 3 rings (SSSR count). The number of nitrogen functional groups attached to an aromatic ring is 1. The Morgan fingerprint density at radius 1 is 1.14 bits per heavy atom. The molecule has 3 aromatic rings. The molecule has 0 bridgehead atoms. The SMILES string of the molecule is Cc1cncc(Oc2cccc(-c3c(C(=O)O)c(N)[nH]c(=O)c3C(=O)O)c2)n1. The molecule has 0 fully saturated rings. The first-order chi connectivity index (χ1) is 13.3. The van der Waals surface area contributed by atoms with Gasteiger partial charge >= 0.3 is 11.9 Å². The van der Waals surface area contributed by atoms with Crippen molar-refractivity contribution in [2.75, 3.05) is 5.73 Å². The predicted molar refractivity (Wildman–Crippen MR) is 97.7 cm³/mol. The maximum atomic E-state index is 12.1. The van der Waals surface area contributed by atoms with Crippen LogP contribution in [-0.4, -0.2) is 37.1 Å². The minimum atomic E-state index is -1.59. The molecule has 28 heavy (non-hydrogen) atoms. The van der Waals surface area contributed by atoms with E-state index in [2.05, 4.69) is 15.0 Å². The van der Waals surface area contributed by atoms with E-state index in [9.17, 15) is 24.6 Å². The summed E-state index contributed by atoms with van der Waals surface area (Å²) in [6, 6.07) is 5.91. The Morgan fingerprint density at radius 2 is 1.86 bits per heavy atom. The molecule has 0 amide bonds. The van der Waals surface area contributed by atoms with Crippen LogP contribution in [0.3, 0.4) is 0 Å². The van der Waals surface area contributed by atoms with Crippen LogP contribution in [0.2, 0.25) is 0 Å². The van der Waals surface area contributed by atoms with E-state index in [0.29, 0.717) is 5.69 Å². The average molecular weight is 382 g/mol. The highest BCUT2D eigenvalue weighted by atomic mass is 16.5. The van der Waals surface area contributed by atoms with Crippen molar-refractivity contribution in [2.24, 2.45) is 0 Å². The zero-order valence-electron chi connectivity index (χ0n) is 14.5. The fraction of sp³-hybridized carbons (Fsp3) is 0.0556. The maximum absolute atomic E-state index is 12.1. The fourth-order valence-electron chi connectivity index (χ4n) is 2.66. The van der Waals surface area contributed by atoms with Gasteiger partial charge in [0.1, 0.15) is 22.7 Å². The van der Waals surface area contributed by atoms with Crippen LogP contribution in [-0.2, 0) is 0 Å². The van der Waals surface area contributed by atoms with Gasteiger partial charge in [0.25, 0.3) is 5.56 Å². The van der Waals surface area contributed by atoms with E-state index in [1.54, 1.807) is 19.2 Å². The number of carbonyl (C=O) groups is 2. The zero-order chi connectivity index (χ0) is 20.4. The molecule has 0 aliphatic carbocycles. The van der Waals surface area contributed by atoms with Crippen LogP contribution in [0.4, 0.5) is 5.82 Å². The van der Waals surface area contributed by atoms with Crippen LogP contribution in [0, 0.1) is 6.92 Å². The van der Waals surface area contributed by atoms with Crippen molar-refractivity contribution >= 4 is 17.8 Å². The lowest BCUT2D eigenvalue weighted by Gasteiger charge is -2.13. The van der Waals surface area contributed by atoms with Crippen molar-refractivity contribution in [1.82, 2.24) is 15.0 Å². The number of anilines is 1. The Labute approximate surface area is 157 Å². The van der Waals surface area contributed by atoms with Gasteiger partial charge in [0.05, 0.1) is 11.9 Å². The number of hydrogen-bond acceptors (Lipinski definition) is 7. The Bertz CT molecular complexity index is 1160. The zero-order valence-corrected chi connectivity index (χ0v) is 14.5. The van der Waals surface area contributed by atoms with Crippen LogP contribution in [0.15, 0.2) is 41.5 Å². The highest BCUT2D eigenvalue weighted by Gasteiger charge is 2.26. The van der Waals surface area contributed by atoms with Gasteiger partial charge in [0.15, 0.2) is 0 Å². The van der Waals surface area contributed by atoms with Gasteiger partial charge in [0.2, 0.25) is 5.88 Å². The van der Waals surface area contributed by atoms with E-state index in [1.807, 2.05) is 0 Å². The number of benzene rings is 1. The minimum Gasteiger partial charge on any atom is -0.478 e.